The number of likely N-dealkylation sites (tertiary alicyclic amines) is 1. The van der Waals surface area contributed by atoms with Crippen LogP contribution in [-0.4, -0.2) is 59.3 Å². The van der Waals surface area contributed by atoms with Crippen LogP contribution in [0.25, 0.3) is 10.9 Å². The number of nitrogens with one attached hydrogen (secondary N) is 2. The third-order valence-corrected chi connectivity index (χ3v) is 7.11. The van der Waals surface area contributed by atoms with Crippen molar-refractivity contribution in [3.8, 4) is 0 Å². The Labute approximate surface area is 170 Å². The highest BCUT2D eigenvalue weighted by Gasteiger charge is 2.52. The Morgan fingerprint density at radius 1 is 1.17 bits per heavy atom. The van der Waals surface area contributed by atoms with Gasteiger partial charge in [0.15, 0.2) is 5.69 Å². The SMILES string of the molecule is O=C(NC1CCCC1)C1CN(C(=O)c2n[nH]c3ccccc23)CC12CCOCC2. The predicted molar refractivity (Wildman–Crippen MR) is 108 cm³/mol. The van der Waals surface area contributed by atoms with Crippen molar-refractivity contribution in [1.82, 2.24) is 20.4 Å². The maximum Gasteiger partial charge on any atom is 0.275 e. The fraction of sp³-hybridized carbons (Fsp3) is 0.591. The number of benzene rings is 1. The van der Waals surface area contributed by atoms with E-state index in [9.17, 15) is 9.59 Å². The van der Waals surface area contributed by atoms with Crippen LogP contribution >= 0.6 is 0 Å². The van der Waals surface area contributed by atoms with E-state index in [4.69, 9.17) is 4.74 Å². The van der Waals surface area contributed by atoms with Gasteiger partial charge in [-0.05, 0) is 31.7 Å². The van der Waals surface area contributed by atoms with Crippen LogP contribution in [0.4, 0.5) is 0 Å². The van der Waals surface area contributed by atoms with Gasteiger partial charge in [0.25, 0.3) is 5.91 Å². The maximum atomic E-state index is 13.3. The zero-order valence-corrected chi connectivity index (χ0v) is 16.7. The van der Waals surface area contributed by atoms with E-state index in [1.54, 1.807) is 0 Å². The first kappa shape index (κ1) is 18.6. The van der Waals surface area contributed by atoms with E-state index in [-0.39, 0.29) is 23.1 Å². The van der Waals surface area contributed by atoms with Crippen LogP contribution in [0.3, 0.4) is 0 Å². The zero-order valence-electron chi connectivity index (χ0n) is 16.7. The fourth-order valence-electron chi connectivity index (χ4n) is 5.42. The van der Waals surface area contributed by atoms with E-state index in [2.05, 4.69) is 15.5 Å². The molecule has 3 aliphatic rings. The lowest BCUT2D eigenvalue weighted by Crippen LogP contribution is -2.46. The molecule has 3 fully saturated rings. The maximum absolute atomic E-state index is 13.3. The predicted octanol–water partition coefficient (Wildman–Crippen LogP) is 2.49. The van der Waals surface area contributed by atoms with Gasteiger partial charge in [-0.3, -0.25) is 14.7 Å². The summed E-state index contributed by atoms with van der Waals surface area (Å²) in [5.74, 6) is -0.161. The summed E-state index contributed by atoms with van der Waals surface area (Å²) in [5.41, 5.74) is 1.11. The van der Waals surface area contributed by atoms with Crippen LogP contribution in [0.15, 0.2) is 24.3 Å². The number of nitrogens with zero attached hydrogens (tertiary/aromatic N) is 2. The second-order valence-corrected chi connectivity index (χ2v) is 8.82. The minimum atomic E-state index is -0.192. The van der Waals surface area contributed by atoms with Gasteiger partial charge >= 0.3 is 0 Å². The molecule has 154 valence electrons. The van der Waals surface area contributed by atoms with Gasteiger partial charge in [0.1, 0.15) is 0 Å². The molecule has 7 heteroatoms. The first-order valence-corrected chi connectivity index (χ1v) is 10.8. The highest BCUT2D eigenvalue weighted by Crippen LogP contribution is 2.45. The average Bonchev–Trinajstić information content (AvgIpc) is 3.47. The van der Waals surface area contributed by atoms with Gasteiger partial charge < -0.3 is 15.0 Å². The number of carbonyl (C=O) groups excluding carboxylic acids is 2. The molecule has 0 bridgehead atoms. The van der Waals surface area contributed by atoms with E-state index in [0.717, 1.165) is 36.6 Å². The minimum Gasteiger partial charge on any atom is -0.381 e. The van der Waals surface area contributed by atoms with E-state index in [1.807, 2.05) is 29.2 Å². The summed E-state index contributed by atoms with van der Waals surface area (Å²) < 4.78 is 5.59. The molecule has 1 unspecified atom stereocenters. The second kappa shape index (κ2) is 7.44. The molecule has 1 aromatic heterocycles. The quantitative estimate of drug-likeness (QED) is 0.834. The number of fused-ring (bicyclic) bond motifs is 1. The van der Waals surface area contributed by atoms with Crippen molar-refractivity contribution in [3.05, 3.63) is 30.0 Å². The Balaban J connectivity index is 1.40. The molecule has 2 saturated heterocycles. The van der Waals surface area contributed by atoms with Crippen molar-refractivity contribution in [1.29, 1.82) is 0 Å². The third-order valence-electron chi connectivity index (χ3n) is 7.11. The van der Waals surface area contributed by atoms with Gasteiger partial charge in [-0.25, -0.2) is 0 Å². The summed E-state index contributed by atoms with van der Waals surface area (Å²) in [6.45, 7) is 2.36. The molecule has 1 spiro atoms. The Kier molecular flexibility index (Phi) is 4.78. The van der Waals surface area contributed by atoms with Gasteiger partial charge in [-0.2, -0.15) is 5.10 Å². The topological polar surface area (TPSA) is 87.3 Å². The van der Waals surface area contributed by atoms with Gasteiger partial charge in [-0.15, -0.1) is 0 Å². The number of para-hydroxylation sites is 1. The lowest BCUT2D eigenvalue weighted by atomic mass is 9.71. The molecule has 0 radical (unpaired) electrons. The average molecular weight is 396 g/mol. The molecule has 1 aliphatic carbocycles. The lowest BCUT2D eigenvalue weighted by Gasteiger charge is -2.37. The highest BCUT2D eigenvalue weighted by molar-refractivity contribution is 6.05. The number of rotatable bonds is 3. The number of hydrogen-bond acceptors (Lipinski definition) is 4. The molecule has 29 heavy (non-hydrogen) atoms. The number of aromatic amines is 1. The zero-order chi connectivity index (χ0) is 19.8. The van der Waals surface area contributed by atoms with E-state index in [1.165, 1.54) is 12.8 Å². The van der Waals surface area contributed by atoms with Crippen molar-refractivity contribution in [2.75, 3.05) is 26.3 Å². The standard InChI is InChI=1S/C22H28N4O3/c27-20(23-15-5-1-2-6-15)17-13-26(14-22(17)9-11-29-12-10-22)21(28)19-16-7-3-4-8-18(16)24-25-19/h3-4,7-8,15,17H,1-2,5-6,9-14H2,(H,23,27)(H,24,25). The molecule has 2 N–H and O–H groups in total. The molecular weight excluding hydrogens is 368 g/mol. The summed E-state index contributed by atoms with van der Waals surface area (Å²) in [4.78, 5) is 28.4. The Hall–Kier alpha value is -2.41. The number of H-pyrrole nitrogens is 1. The van der Waals surface area contributed by atoms with Crippen LogP contribution in [0.5, 0.6) is 0 Å². The van der Waals surface area contributed by atoms with Crippen molar-refractivity contribution >= 4 is 22.7 Å². The van der Waals surface area contributed by atoms with Crippen LogP contribution in [0.2, 0.25) is 0 Å². The van der Waals surface area contributed by atoms with Crippen LogP contribution in [0, 0.1) is 11.3 Å². The largest absolute Gasteiger partial charge is 0.381 e. The van der Waals surface area contributed by atoms with Crippen molar-refractivity contribution in [3.63, 3.8) is 0 Å². The minimum absolute atomic E-state index is 0.0931. The van der Waals surface area contributed by atoms with E-state index >= 15 is 0 Å². The molecule has 1 atom stereocenters. The summed E-state index contributed by atoms with van der Waals surface area (Å²) >= 11 is 0. The lowest BCUT2D eigenvalue weighted by molar-refractivity contribution is -0.130. The van der Waals surface area contributed by atoms with Gasteiger partial charge in [0, 0.05) is 43.1 Å². The van der Waals surface area contributed by atoms with Gasteiger partial charge in [-0.1, -0.05) is 31.0 Å². The number of amides is 2. The summed E-state index contributed by atoms with van der Waals surface area (Å²) in [7, 11) is 0. The molecule has 1 aromatic carbocycles. The highest BCUT2D eigenvalue weighted by atomic mass is 16.5. The number of aromatic nitrogens is 2. The molecular formula is C22H28N4O3. The molecule has 3 heterocycles. The van der Waals surface area contributed by atoms with E-state index in [0.29, 0.717) is 38.0 Å². The summed E-state index contributed by atoms with van der Waals surface area (Å²) in [6.07, 6.45) is 6.14. The Bertz CT molecular complexity index is 912. The van der Waals surface area contributed by atoms with Crippen LogP contribution in [0.1, 0.15) is 49.0 Å². The normalized spacial score (nSPS) is 24.4. The molecule has 7 nitrogen and oxygen atoms in total. The smallest absolute Gasteiger partial charge is 0.275 e. The summed E-state index contributed by atoms with van der Waals surface area (Å²) in [5, 5.41) is 11.3. The van der Waals surface area contributed by atoms with Gasteiger partial charge in [0.05, 0.1) is 11.4 Å². The number of ether oxygens (including phenoxy) is 1. The number of hydrogen-bond donors (Lipinski definition) is 2. The number of carbonyl (C=O) groups is 2. The summed E-state index contributed by atoms with van der Waals surface area (Å²) in [6, 6.07) is 7.96. The monoisotopic (exact) mass is 396 g/mol. The first-order chi connectivity index (χ1) is 14.2. The second-order valence-electron chi connectivity index (χ2n) is 8.82. The van der Waals surface area contributed by atoms with Crippen LogP contribution in [-0.2, 0) is 9.53 Å². The Morgan fingerprint density at radius 3 is 2.72 bits per heavy atom. The van der Waals surface area contributed by atoms with Crippen molar-refractivity contribution in [2.45, 2.75) is 44.6 Å². The van der Waals surface area contributed by atoms with Gasteiger partial charge in [0.2, 0.25) is 5.91 Å². The van der Waals surface area contributed by atoms with Crippen molar-refractivity contribution in [2.24, 2.45) is 11.3 Å². The van der Waals surface area contributed by atoms with Crippen molar-refractivity contribution < 1.29 is 14.3 Å². The molecule has 2 aromatic rings. The molecule has 5 rings (SSSR count). The first-order valence-electron chi connectivity index (χ1n) is 10.8. The molecule has 2 aliphatic heterocycles. The van der Waals surface area contributed by atoms with Crippen LogP contribution < -0.4 is 5.32 Å². The fourth-order valence-corrected chi connectivity index (χ4v) is 5.42. The molecule has 2 amide bonds. The Morgan fingerprint density at radius 2 is 1.93 bits per heavy atom. The van der Waals surface area contributed by atoms with E-state index < -0.39 is 0 Å². The molecule has 1 saturated carbocycles. The third kappa shape index (κ3) is 3.31.